The first-order valence-electron chi connectivity index (χ1n) is 2.03. The van der Waals surface area contributed by atoms with E-state index in [1.807, 2.05) is 0 Å². The number of hydrogen-bond acceptors (Lipinski definition) is 1. The normalized spacial score (nSPS) is 17.7. The molecular formula is C4H6NaO2. The van der Waals surface area contributed by atoms with E-state index in [0.717, 1.165) is 12.8 Å². The molecule has 0 aromatic rings. The van der Waals surface area contributed by atoms with E-state index >= 15 is 0 Å². The van der Waals surface area contributed by atoms with Crippen LogP contribution in [0.5, 0.6) is 0 Å². The summed E-state index contributed by atoms with van der Waals surface area (Å²) in [5.41, 5.74) is 0. The Hall–Kier alpha value is 0.470. The van der Waals surface area contributed by atoms with Crippen molar-refractivity contribution in [3.63, 3.8) is 0 Å². The first-order valence-corrected chi connectivity index (χ1v) is 2.03. The van der Waals surface area contributed by atoms with Crippen LogP contribution in [0.25, 0.3) is 0 Å². The standard InChI is InChI=1S/C4H6O2.Na/c5-4(6)3-1-2-3;/h3H,1-2H2,(H,5,6);. The molecule has 7 heavy (non-hydrogen) atoms. The van der Waals surface area contributed by atoms with Gasteiger partial charge in [-0.1, -0.05) is 0 Å². The van der Waals surface area contributed by atoms with Crippen molar-refractivity contribution in [2.45, 2.75) is 12.8 Å². The number of hydrogen-bond donors (Lipinski definition) is 1. The van der Waals surface area contributed by atoms with E-state index in [9.17, 15) is 4.79 Å². The Morgan fingerprint density at radius 2 is 2.00 bits per heavy atom. The quantitative estimate of drug-likeness (QED) is 0.485. The molecule has 0 unspecified atom stereocenters. The van der Waals surface area contributed by atoms with Gasteiger partial charge >= 0.3 is 5.97 Å². The van der Waals surface area contributed by atoms with Gasteiger partial charge in [0.2, 0.25) is 0 Å². The second-order valence-electron chi connectivity index (χ2n) is 1.61. The molecule has 0 spiro atoms. The van der Waals surface area contributed by atoms with Crippen LogP contribution >= 0.6 is 0 Å². The summed E-state index contributed by atoms with van der Waals surface area (Å²) in [5, 5.41) is 8.05. The van der Waals surface area contributed by atoms with Crippen LogP contribution in [-0.4, -0.2) is 40.6 Å². The predicted octanol–water partition coefficient (Wildman–Crippen LogP) is 0.100. The minimum absolute atomic E-state index is 0. The summed E-state index contributed by atoms with van der Waals surface area (Å²) in [6, 6.07) is 0. The van der Waals surface area contributed by atoms with E-state index < -0.39 is 5.97 Å². The van der Waals surface area contributed by atoms with Crippen LogP contribution in [0, 0.1) is 5.92 Å². The van der Waals surface area contributed by atoms with Crippen molar-refractivity contribution in [1.82, 2.24) is 0 Å². The van der Waals surface area contributed by atoms with Crippen molar-refractivity contribution in [3.05, 3.63) is 0 Å². The number of aliphatic carboxylic acids is 1. The molecule has 0 aromatic carbocycles. The molecule has 0 bridgehead atoms. The first kappa shape index (κ1) is 7.47. The van der Waals surface area contributed by atoms with Gasteiger partial charge in [0.25, 0.3) is 0 Å². The minimum atomic E-state index is -0.630. The van der Waals surface area contributed by atoms with Crippen molar-refractivity contribution in [2.24, 2.45) is 5.92 Å². The number of carbonyl (C=O) groups is 1. The third kappa shape index (κ3) is 2.32. The summed E-state index contributed by atoms with van der Waals surface area (Å²) in [5.74, 6) is -0.611. The fourth-order valence-electron chi connectivity index (χ4n) is 0.330. The summed E-state index contributed by atoms with van der Waals surface area (Å²) in [6.07, 6.45) is 1.80. The average Bonchev–Trinajstić information content (AvgIpc) is 2.06. The van der Waals surface area contributed by atoms with E-state index in [1.54, 1.807) is 0 Å². The molecule has 1 aliphatic carbocycles. The molecular weight excluding hydrogens is 103 g/mol. The molecule has 1 N–H and O–H groups in total. The summed E-state index contributed by atoms with van der Waals surface area (Å²) in [4.78, 5) is 9.76. The molecule has 2 nitrogen and oxygen atoms in total. The van der Waals surface area contributed by atoms with Crippen LogP contribution < -0.4 is 0 Å². The zero-order chi connectivity index (χ0) is 4.57. The van der Waals surface area contributed by atoms with Crippen LogP contribution in [0.2, 0.25) is 0 Å². The van der Waals surface area contributed by atoms with Gasteiger partial charge < -0.3 is 5.11 Å². The summed E-state index contributed by atoms with van der Waals surface area (Å²) in [6.45, 7) is 0. The van der Waals surface area contributed by atoms with Gasteiger partial charge in [-0.2, -0.15) is 0 Å². The largest absolute Gasteiger partial charge is 0.481 e. The SMILES string of the molecule is O=C(O)C1CC1.[Na]. The number of rotatable bonds is 1. The Balaban J connectivity index is 0.000000360. The Kier molecular flexibility index (Phi) is 2.88. The molecule has 0 amide bonds. The van der Waals surface area contributed by atoms with Crippen LogP contribution in [0.4, 0.5) is 0 Å². The van der Waals surface area contributed by atoms with Crippen molar-refractivity contribution < 1.29 is 9.90 Å². The van der Waals surface area contributed by atoms with Crippen molar-refractivity contribution in [1.29, 1.82) is 0 Å². The summed E-state index contributed by atoms with van der Waals surface area (Å²) in [7, 11) is 0. The van der Waals surface area contributed by atoms with E-state index in [2.05, 4.69) is 0 Å². The Bertz CT molecular complexity index is 77.8. The molecule has 1 saturated carbocycles. The molecule has 0 heterocycles. The van der Waals surface area contributed by atoms with E-state index in [-0.39, 0.29) is 35.5 Å². The maximum absolute atomic E-state index is 9.76. The minimum Gasteiger partial charge on any atom is -0.481 e. The fraction of sp³-hybridized carbons (Fsp3) is 0.750. The van der Waals surface area contributed by atoms with Gasteiger partial charge in [0.05, 0.1) is 5.92 Å². The van der Waals surface area contributed by atoms with Crippen LogP contribution in [0.3, 0.4) is 0 Å². The maximum atomic E-state index is 9.76. The van der Waals surface area contributed by atoms with E-state index in [4.69, 9.17) is 5.11 Å². The van der Waals surface area contributed by atoms with Gasteiger partial charge in [0, 0.05) is 29.6 Å². The smallest absolute Gasteiger partial charge is 0.306 e. The van der Waals surface area contributed by atoms with Crippen LogP contribution in [0.15, 0.2) is 0 Å². The predicted molar refractivity (Wildman–Crippen MR) is 26.1 cm³/mol. The topological polar surface area (TPSA) is 37.3 Å². The van der Waals surface area contributed by atoms with Gasteiger partial charge in [-0.3, -0.25) is 4.79 Å². The van der Waals surface area contributed by atoms with Crippen molar-refractivity contribution in [3.8, 4) is 0 Å². The van der Waals surface area contributed by atoms with Gasteiger partial charge in [-0.25, -0.2) is 0 Å². The van der Waals surface area contributed by atoms with Gasteiger partial charge in [-0.05, 0) is 12.8 Å². The first-order chi connectivity index (χ1) is 2.80. The summed E-state index contributed by atoms with van der Waals surface area (Å²) >= 11 is 0. The van der Waals surface area contributed by atoms with Crippen molar-refractivity contribution >= 4 is 35.5 Å². The second kappa shape index (κ2) is 2.70. The van der Waals surface area contributed by atoms with E-state index in [1.165, 1.54) is 0 Å². The van der Waals surface area contributed by atoms with Crippen LogP contribution in [-0.2, 0) is 4.79 Å². The Labute approximate surface area is 64.2 Å². The molecule has 0 atom stereocenters. The molecule has 35 valence electrons. The Morgan fingerprint density at radius 3 is 2.00 bits per heavy atom. The molecule has 0 aromatic heterocycles. The number of carboxylic acids is 1. The summed E-state index contributed by atoms with van der Waals surface area (Å²) < 4.78 is 0. The monoisotopic (exact) mass is 109 g/mol. The zero-order valence-corrected chi connectivity index (χ0v) is 6.35. The van der Waals surface area contributed by atoms with Gasteiger partial charge in [0.1, 0.15) is 0 Å². The molecule has 1 aliphatic rings. The maximum Gasteiger partial charge on any atom is 0.306 e. The molecule has 1 radical (unpaired) electrons. The third-order valence-corrected chi connectivity index (χ3v) is 0.927. The molecule has 0 saturated heterocycles. The molecule has 1 rings (SSSR count). The Morgan fingerprint density at radius 1 is 1.57 bits per heavy atom. The van der Waals surface area contributed by atoms with Crippen LogP contribution in [0.1, 0.15) is 12.8 Å². The second-order valence-corrected chi connectivity index (χ2v) is 1.61. The fourth-order valence-corrected chi connectivity index (χ4v) is 0.330. The van der Waals surface area contributed by atoms with Gasteiger partial charge in [0.15, 0.2) is 0 Å². The van der Waals surface area contributed by atoms with Crippen molar-refractivity contribution in [2.75, 3.05) is 0 Å². The molecule has 1 fully saturated rings. The average molecular weight is 109 g/mol. The third-order valence-electron chi connectivity index (χ3n) is 0.927. The molecule has 3 heteroatoms. The van der Waals surface area contributed by atoms with Gasteiger partial charge in [-0.15, -0.1) is 0 Å². The zero-order valence-electron chi connectivity index (χ0n) is 4.35. The van der Waals surface area contributed by atoms with E-state index in [0.29, 0.717) is 0 Å². The molecule has 0 aliphatic heterocycles. The number of carboxylic acid groups (broad SMARTS) is 1.